The average molecular weight is 563 g/mol. The van der Waals surface area contributed by atoms with Gasteiger partial charge in [-0.15, -0.1) is 0 Å². The van der Waals surface area contributed by atoms with Crippen LogP contribution in [0.1, 0.15) is 44.9 Å². The summed E-state index contributed by atoms with van der Waals surface area (Å²) in [5.74, 6) is 0.412. The van der Waals surface area contributed by atoms with E-state index < -0.39 is 5.92 Å². The largest absolute Gasteiger partial charge is 0.508 e. The van der Waals surface area contributed by atoms with Crippen LogP contribution in [-0.2, 0) is 0 Å². The van der Waals surface area contributed by atoms with Crippen molar-refractivity contribution in [2.45, 2.75) is 33.6 Å². The molecule has 0 radical (unpaired) electrons. The van der Waals surface area contributed by atoms with Crippen molar-refractivity contribution in [2.75, 3.05) is 6.66 Å². The summed E-state index contributed by atoms with van der Waals surface area (Å²) in [6, 6.07) is 27.2. The molecule has 0 amide bonds. The zero-order valence-electron chi connectivity index (χ0n) is 23.9. The molecule has 0 aromatic heterocycles. The zero-order valence-corrected chi connectivity index (χ0v) is 24.9. The molecule has 0 aliphatic rings. The third-order valence-electron chi connectivity index (χ3n) is 7.82. The van der Waals surface area contributed by atoms with Gasteiger partial charge in [0.15, 0.2) is 0 Å². The third kappa shape index (κ3) is 5.53. The Labute approximate surface area is 243 Å². The van der Waals surface area contributed by atoms with Crippen LogP contribution >= 0.6 is 8.58 Å². The molecule has 2 atom stereocenters. The summed E-state index contributed by atoms with van der Waals surface area (Å²) >= 11 is 0. The summed E-state index contributed by atoms with van der Waals surface area (Å²) in [5.41, 5.74) is 9.37. The molecule has 0 aliphatic heterocycles. The zero-order chi connectivity index (χ0) is 29.4. The van der Waals surface area contributed by atoms with Crippen molar-refractivity contribution in [1.82, 2.24) is 0 Å². The van der Waals surface area contributed by atoms with Gasteiger partial charge >= 0.3 is 0 Å². The number of aryl methyl sites for hydroxylation is 4. The van der Waals surface area contributed by atoms with Gasteiger partial charge in [-0.1, -0.05) is 50.5 Å². The van der Waals surface area contributed by atoms with Crippen molar-refractivity contribution in [3.05, 3.63) is 124 Å². The lowest BCUT2D eigenvalue weighted by Crippen LogP contribution is -2.07. The van der Waals surface area contributed by atoms with Gasteiger partial charge in [-0.25, -0.2) is 0 Å². The highest BCUT2D eigenvalue weighted by Crippen LogP contribution is 2.46. The topological polar surface area (TPSA) is 80.9 Å². The SMILES string of the molecule is CPc1cc(-c2cc(C)c(O)c(C(c3ccc(C)cc3)c3cc(-c4ccc(O)c(C)c4)cc(C)c3O)c2)ccc1O. The predicted octanol–water partition coefficient (Wildman–Crippen LogP) is 8.19. The summed E-state index contributed by atoms with van der Waals surface area (Å²) in [6.45, 7) is 9.70. The molecular formula is C36H35O4P. The van der Waals surface area contributed by atoms with E-state index >= 15 is 0 Å². The van der Waals surface area contributed by atoms with Gasteiger partial charge in [-0.3, -0.25) is 0 Å². The highest BCUT2D eigenvalue weighted by molar-refractivity contribution is 7.46. The van der Waals surface area contributed by atoms with Gasteiger partial charge < -0.3 is 20.4 Å². The van der Waals surface area contributed by atoms with Crippen LogP contribution in [0, 0.1) is 27.7 Å². The van der Waals surface area contributed by atoms with Gasteiger partial charge in [0.1, 0.15) is 23.0 Å². The van der Waals surface area contributed by atoms with Crippen LogP contribution < -0.4 is 5.30 Å². The summed E-state index contributed by atoms with van der Waals surface area (Å²) in [7, 11) is 0.443. The van der Waals surface area contributed by atoms with Crippen LogP contribution in [0.25, 0.3) is 22.3 Å². The van der Waals surface area contributed by atoms with E-state index in [1.807, 2.05) is 107 Å². The van der Waals surface area contributed by atoms with Gasteiger partial charge in [0.05, 0.1) is 0 Å². The minimum Gasteiger partial charge on any atom is -0.508 e. The standard InChI is InChI=1S/C36H35O4P/c1-20-6-8-24(9-7-20)34(29-17-27(15-22(3)35(29)39)25-10-12-31(37)21(2)14-25)30-18-28(16-23(4)36(30)40)26-11-13-32(38)33(19-26)41-5/h6-19,34,37-41H,1-5H3. The van der Waals surface area contributed by atoms with Crippen LogP contribution in [0.3, 0.4) is 0 Å². The van der Waals surface area contributed by atoms with E-state index in [1.54, 1.807) is 12.1 Å². The molecule has 0 saturated heterocycles. The van der Waals surface area contributed by atoms with Crippen molar-refractivity contribution in [1.29, 1.82) is 0 Å². The predicted molar refractivity (Wildman–Crippen MR) is 171 cm³/mol. The Morgan fingerprint density at radius 3 is 1.51 bits per heavy atom. The highest BCUT2D eigenvalue weighted by atomic mass is 31.1. The molecular weight excluding hydrogens is 527 g/mol. The van der Waals surface area contributed by atoms with E-state index in [-0.39, 0.29) is 23.0 Å². The van der Waals surface area contributed by atoms with Crippen LogP contribution in [-0.4, -0.2) is 27.1 Å². The van der Waals surface area contributed by atoms with Crippen LogP contribution in [0.5, 0.6) is 23.0 Å². The second-order valence-electron chi connectivity index (χ2n) is 10.8. The molecule has 0 fully saturated rings. The van der Waals surface area contributed by atoms with E-state index in [4.69, 9.17) is 0 Å². The molecule has 5 rings (SSSR count). The summed E-state index contributed by atoms with van der Waals surface area (Å²) in [6.07, 6.45) is 0. The number of aromatic hydroxyl groups is 4. The smallest absolute Gasteiger partial charge is 0.122 e. The Morgan fingerprint density at radius 1 is 0.512 bits per heavy atom. The van der Waals surface area contributed by atoms with Gasteiger partial charge in [0.25, 0.3) is 0 Å². The summed E-state index contributed by atoms with van der Waals surface area (Å²) in [5, 5.41) is 44.3. The highest BCUT2D eigenvalue weighted by Gasteiger charge is 2.26. The lowest BCUT2D eigenvalue weighted by atomic mass is 9.80. The van der Waals surface area contributed by atoms with Crippen molar-refractivity contribution in [3.63, 3.8) is 0 Å². The molecule has 4 nitrogen and oxygen atoms in total. The maximum Gasteiger partial charge on any atom is 0.122 e. The summed E-state index contributed by atoms with van der Waals surface area (Å²) < 4.78 is 0. The van der Waals surface area contributed by atoms with Gasteiger partial charge in [0.2, 0.25) is 0 Å². The quantitative estimate of drug-likeness (QED) is 0.124. The number of hydrogen-bond acceptors (Lipinski definition) is 4. The van der Waals surface area contributed by atoms with Gasteiger partial charge in [-0.05, 0) is 127 Å². The molecule has 4 N–H and O–H groups in total. The number of phenolic OH excluding ortho intramolecular Hbond substituents is 4. The van der Waals surface area contributed by atoms with Gasteiger partial charge in [0, 0.05) is 22.3 Å². The van der Waals surface area contributed by atoms with Crippen LogP contribution in [0.4, 0.5) is 0 Å². The van der Waals surface area contributed by atoms with Crippen LogP contribution in [0.15, 0.2) is 84.9 Å². The maximum absolute atomic E-state index is 11.5. The molecule has 0 heterocycles. The normalized spacial score (nSPS) is 12.2. The number of phenols is 4. The minimum atomic E-state index is -0.462. The first kappa shape index (κ1) is 28.3. The first-order valence-corrected chi connectivity index (χ1v) is 15.1. The van der Waals surface area contributed by atoms with Crippen molar-refractivity contribution < 1.29 is 20.4 Å². The molecule has 0 aliphatic carbocycles. The molecule has 0 spiro atoms. The number of benzene rings is 5. The van der Waals surface area contributed by atoms with Crippen LogP contribution in [0.2, 0.25) is 0 Å². The Morgan fingerprint density at radius 2 is 1.00 bits per heavy atom. The fourth-order valence-electron chi connectivity index (χ4n) is 5.42. The second-order valence-corrected chi connectivity index (χ2v) is 11.8. The molecule has 5 heteroatoms. The third-order valence-corrected chi connectivity index (χ3v) is 8.76. The maximum atomic E-state index is 11.5. The van der Waals surface area contributed by atoms with Crippen molar-refractivity contribution in [2.24, 2.45) is 0 Å². The molecule has 41 heavy (non-hydrogen) atoms. The monoisotopic (exact) mass is 562 g/mol. The Bertz CT molecular complexity index is 1760. The Hall–Kier alpha value is -4.27. The molecule has 0 bridgehead atoms. The molecule has 2 unspecified atom stereocenters. The van der Waals surface area contributed by atoms with E-state index in [9.17, 15) is 20.4 Å². The van der Waals surface area contributed by atoms with E-state index in [0.29, 0.717) is 19.7 Å². The van der Waals surface area contributed by atoms with Gasteiger partial charge in [-0.2, -0.15) is 0 Å². The van der Waals surface area contributed by atoms with E-state index in [1.165, 1.54) is 0 Å². The summed E-state index contributed by atoms with van der Waals surface area (Å²) in [4.78, 5) is 0. The second kappa shape index (κ2) is 11.3. The molecule has 5 aromatic carbocycles. The number of rotatable bonds is 6. The van der Waals surface area contributed by atoms with Crippen molar-refractivity contribution >= 4 is 13.9 Å². The number of hydrogen-bond donors (Lipinski definition) is 4. The van der Waals surface area contributed by atoms with E-state index in [2.05, 4.69) is 0 Å². The first-order valence-electron chi connectivity index (χ1n) is 13.6. The van der Waals surface area contributed by atoms with Crippen molar-refractivity contribution in [3.8, 4) is 45.3 Å². The molecule has 5 aromatic rings. The minimum absolute atomic E-state index is 0.177. The fraction of sp³-hybridized carbons (Fsp3) is 0.167. The first-order chi connectivity index (χ1) is 19.6. The van der Waals surface area contributed by atoms with E-state index in [0.717, 1.165) is 55.4 Å². The fourth-order valence-corrected chi connectivity index (χ4v) is 6.06. The molecule has 208 valence electrons. The Balaban J connectivity index is 1.77. The lowest BCUT2D eigenvalue weighted by molar-refractivity contribution is 0.454. The Kier molecular flexibility index (Phi) is 7.80. The average Bonchev–Trinajstić information content (AvgIpc) is 2.95. The molecule has 0 saturated carbocycles. The lowest BCUT2D eigenvalue weighted by Gasteiger charge is -2.24.